The molecule has 4 nitrogen and oxygen atoms in total. The molecule has 88 valence electrons. The normalized spacial score (nSPS) is 14.1. The van der Waals surface area contributed by atoms with Gasteiger partial charge in [-0.3, -0.25) is 0 Å². The van der Waals surface area contributed by atoms with Crippen LogP contribution in [0.3, 0.4) is 0 Å². The molecule has 4 heteroatoms. The number of para-hydroxylation sites is 1. The van der Waals surface area contributed by atoms with E-state index in [1.54, 1.807) is 6.33 Å². The molecule has 0 saturated carbocycles. The van der Waals surface area contributed by atoms with E-state index in [0.717, 1.165) is 29.8 Å². The number of nitrogens with one attached hydrogen (secondary N) is 1. The first-order chi connectivity index (χ1) is 8.93. The molecule has 1 N–H and O–H groups in total. The summed E-state index contributed by atoms with van der Waals surface area (Å²) in [7, 11) is 0. The van der Waals surface area contributed by atoms with Crippen LogP contribution in [0.25, 0.3) is 11.0 Å². The standard InChI is InChI=1S/C14H12N4/c1-2-4-12-10(3-1)6-8-18(12)14-11-5-7-15-13(11)16-9-17-14/h1-5,7,9H,6,8H2,(H,15,16,17). The smallest absolute Gasteiger partial charge is 0.145 e. The van der Waals surface area contributed by atoms with E-state index in [0.29, 0.717) is 0 Å². The highest BCUT2D eigenvalue weighted by Gasteiger charge is 2.22. The highest BCUT2D eigenvalue weighted by Crippen LogP contribution is 2.35. The van der Waals surface area contributed by atoms with E-state index in [2.05, 4.69) is 44.1 Å². The summed E-state index contributed by atoms with van der Waals surface area (Å²) in [6.45, 7) is 0.983. The summed E-state index contributed by atoms with van der Waals surface area (Å²) < 4.78 is 0. The third kappa shape index (κ3) is 1.26. The quantitative estimate of drug-likeness (QED) is 0.706. The first kappa shape index (κ1) is 9.65. The Morgan fingerprint density at radius 1 is 1.11 bits per heavy atom. The summed E-state index contributed by atoms with van der Waals surface area (Å²) in [4.78, 5) is 14.1. The largest absolute Gasteiger partial charge is 0.346 e. The Hall–Kier alpha value is -2.36. The van der Waals surface area contributed by atoms with Crippen LogP contribution in [-0.2, 0) is 6.42 Å². The predicted octanol–water partition coefficient (Wildman–Crippen LogP) is 2.65. The van der Waals surface area contributed by atoms with Crippen molar-refractivity contribution in [3.05, 3.63) is 48.4 Å². The van der Waals surface area contributed by atoms with Gasteiger partial charge in [-0.05, 0) is 24.1 Å². The minimum atomic E-state index is 0.893. The van der Waals surface area contributed by atoms with Gasteiger partial charge in [0.2, 0.25) is 0 Å². The molecule has 0 atom stereocenters. The van der Waals surface area contributed by atoms with Gasteiger partial charge in [0, 0.05) is 18.4 Å². The van der Waals surface area contributed by atoms with E-state index < -0.39 is 0 Å². The van der Waals surface area contributed by atoms with Gasteiger partial charge in [-0.1, -0.05) is 18.2 Å². The van der Waals surface area contributed by atoms with Crippen LogP contribution in [0.2, 0.25) is 0 Å². The number of rotatable bonds is 1. The Kier molecular flexibility index (Phi) is 1.91. The fourth-order valence-corrected chi connectivity index (χ4v) is 2.63. The fourth-order valence-electron chi connectivity index (χ4n) is 2.63. The second-order valence-corrected chi connectivity index (χ2v) is 4.47. The van der Waals surface area contributed by atoms with Crippen molar-refractivity contribution < 1.29 is 0 Å². The van der Waals surface area contributed by atoms with E-state index >= 15 is 0 Å². The minimum Gasteiger partial charge on any atom is -0.346 e. The third-order valence-electron chi connectivity index (χ3n) is 3.48. The maximum Gasteiger partial charge on any atom is 0.145 e. The molecule has 1 aromatic carbocycles. The Bertz CT molecular complexity index is 716. The second-order valence-electron chi connectivity index (χ2n) is 4.47. The maximum atomic E-state index is 4.45. The van der Waals surface area contributed by atoms with Crippen molar-refractivity contribution in [2.45, 2.75) is 6.42 Å². The lowest BCUT2D eigenvalue weighted by atomic mass is 10.2. The highest BCUT2D eigenvalue weighted by atomic mass is 15.2. The van der Waals surface area contributed by atoms with Crippen LogP contribution >= 0.6 is 0 Å². The number of fused-ring (bicyclic) bond motifs is 2. The van der Waals surface area contributed by atoms with Crippen molar-refractivity contribution in [2.75, 3.05) is 11.4 Å². The van der Waals surface area contributed by atoms with E-state index in [1.165, 1.54) is 11.3 Å². The van der Waals surface area contributed by atoms with Crippen LogP contribution in [0.4, 0.5) is 11.5 Å². The minimum absolute atomic E-state index is 0.893. The number of H-pyrrole nitrogens is 1. The topological polar surface area (TPSA) is 44.8 Å². The van der Waals surface area contributed by atoms with Crippen molar-refractivity contribution >= 4 is 22.5 Å². The average molecular weight is 236 g/mol. The molecule has 0 bridgehead atoms. The molecule has 3 heterocycles. The van der Waals surface area contributed by atoms with Crippen LogP contribution in [0.15, 0.2) is 42.9 Å². The number of aromatic nitrogens is 3. The Morgan fingerprint density at radius 3 is 3.06 bits per heavy atom. The molecular weight excluding hydrogens is 224 g/mol. The van der Waals surface area contributed by atoms with Crippen molar-refractivity contribution in [3.8, 4) is 0 Å². The monoisotopic (exact) mass is 236 g/mol. The molecule has 0 unspecified atom stereocenters. The number of anilines is 2. The summed E-state index contributed by atoms with van der Waals surface area (Å²) >= 11 is 0. The zero-order valence-corrected chi connectivity index (χ0v) is 9.80. The first-order valence-corrected chi connectivity index (χ1v) is 6.07. The van der Waals surface area contributed by atoms with Gasteiger partial charge in [0.05, 0.1) is 5.39 Å². The van der Waals surface area contributed by atoms with E-state index in [4.69, 9.17) is 0 Å². The maximum absolute atomic E-state index is 4.45. The zero-order chi connectivity index (χ0) is 11.9. The van der Waals surface area contributed by atoms with E-state index in [9.17, 15) is 0 Å². The number of benzene rings is 1. The molecule has 0 amide bonds. The van der Waals surface area contributed by atoms with Crippen molar-refractivity contribution in [1.82, 2.24) is 15.0 Å². The Morgan fingerprint density at radius 2 is 2.06 bits per heavy atom. The summed E-state index contributed by atoms with van der Waals surface area (Å²) in [6.07, 6.45) is 4.60. The average Bonchev–Trinajstić information content (AvgIpc) is 3.05. The van der Waals surface area contributed by atoms with Gasteiger partial charge in [0.25, 0.3) is 0 Å². The van der Waals surface area contributed by atoms with Gasteiger partial charge in [0.15, 0.2) is 0 Å². The van der Waals surface area contributed by atoms with Crippen molar-refractivity contribution in [1.29, 1.82) is 0 Å². The van der Waals surface area contributed by atoms with Crippen LogP contribution < -0.4 is 4.90 Å². The van der Waals surface area contributed by atoms with E-state index in [-0.39, 0.29) is 0 Å². The predicted molar refractivity (Wildman–Crippen MR) is 71.0 cm³/mol. The summed E-state index contributed by atoms with van der Waals surface area (Å²) in [5.41, 5.74) is 3.54. The van der Waals surface area contributed by atoms with Gasteiger partial charge >= 0.3 is 0 Å². The molecule has 18 heavy (non-hydrogen) atoms. The first-order valence-electron chi connectivity index (χ1n) is 6.07. The van der Waals surface area contributed by atoms with Crippen LogP contribution in [-0.4, -0.2) is 21.5 Å². The number of hydrogen-bond acceptors (Lipinski definition) is 3. The molecule has 0 fully saturated rings. The molecular formula is C14H12N4. The van der Waals surface area contributed by atoms with Gasteiger partial charge in [0.1, 0.15) is 17.8 Å². The molecule has 0 radical (unpaired) electrons. The lowest BCUT2D eigenvalue weighted by molar-refractivity contribution is 0.974. The Balaban J connectivity index is 1.92. The Labute approximate surface area is 104 Å². The highest BCUT2D eigenvalue weighted by molar-refractivity contribution is 5.90. The third-order valence-corrected chi connectivity index (χ3v) is 3.48. The molecule has 0 saturated heterocycles. The summed E-state index contributed by atoms with van der Waals surface area (Å²) in [6, 6.07) is 10.5. The van der Waals surface area contributed by atoms with Gasteiger partial charge < -0.3 is 9.88 Å². The van der Waals surface area contributed by atoms with Crippen molar-refractivity contribution in [3.63, 3.8) is 0 Å². The second kappa shape index (κ2) is 3.57. The molecule has 2 aromatic heterocycles. The van der Waals surface area contributed by atoms with Crippen LogP contribution in [0, 0.1) is 0 Å². The summed E-state index contributed by atoms with van der Waals surface area (Å²) in [5, 5.41) is 1.08. The van der Waals surface area contributed by atoms with Crippen LogP contribution in [0.5, 0.6) is 0 Å². The summed E-state index contributed by atoms with van der Waals surface area (Å²) in [5.74, 6) is 0.992. The zero-order valence-electron chi connectivity index (χ0n) is 9.80. The number of hydrogen-bond donors (Lipinski definition) is 1. The number of aromatic amines is 1. The fraction of sp³-hybridized carbons (Fsp3) is 0.143. The van der Waals surface area contributed by atoms with Gasteiger partial charge in [-0.15, -0.1) is 0 Å². The van der Waals surface area contributed by atoms with Crippen LogP contribution in [0.1, 0.15) is 5.56 Å². The lowest BCUT2D eigenvalue weighted by Crippen LogP contribution is -2.15. The number of nitrogens with zero attached hydrogens (tertiary/aromatic N) is 3. The molecule has 0 aliphatic carbocycles. The molecule has 4 rings (SSSR count). The molecule has 1 aliphatic rings. The van der Waals surface area contributed by atoms with Gasteiger partial charge in [-0.2, -0.15) is 0 Å². The lowest BCUT2D eigenvalue weighted by Gasteiger charge is -2.18. The molecule has 0 spiro atoms. The molecule has 3 aromatic rings. The van der Waals surface area contributed by atoms with Crippen molar-refractivity contribution in [2.24, 2.45) is 0 Å². The van der Waals surface area contributed by atoms with E-state index in [1.807, 2.05) is 12.3 Å². The SMILES string of the molecule is c1ccc2c(c1)CCN2c1ncnc2[nH]ccc12. The van der Waals surface area contributed by atoms with Gasteiger partial charge in [-0.25, -0.2) is 9.97 Å². The molecule has 1 aliphatic heterocycles.